The highest BCUT2D eigenvalue weighted by Crippen LogP contribution is 2.36. The number of rotatable bonds is 4. The van der Waals surface area contributed by atoms with Gasteiger partial charge in [-0.25, -0.2) is 0 Å². The average molecular weight is 412 g/mol. The first-order valence-corrected chi connectivity index (χ1v) is 10.4. The molecule has 1 aliphatic rings. The standard InChI is InChI=1S/C23H20N6O2/c30-14-18-19(20(27-31-18)15-8-2-1-3-9-15)23-25-24-21-16-10-4-5-11-17(16)22(26-29(21)23)28-12-6-7-13-28/h1-5,8-11,30H,6-7,12-14H2. The molecule has 1 aliphatic heterocycles. The zero-order valence-corrected chi connectivity index (χ0v) is 16.8. The van der Waals surface area contributed by atoms with Crippen molar-refractivity contribution in [3.8, 4) is 22.6 Å². The van der Waals surface area contributed by atoms with Crippen LogP contribution >= 0.6 is 0 Å². The van der Waals surface area contributed by atoms with Gasteiger partial charge >= 0.3 is 0 Å². The van der Waals surface area contributed by atoms with Crippen LogP contribution in [0.2, 0.25) is 0 Å². The van der Waals surface area contributed by atoms with Crippen LogP contribution < -0.4 is 4.90 Å². The van der Waals surface area contributed by atoms with E-state index >= 15 is 0 Å². The van der Waals surface area contributed by atoms with Crippen LogP contribution in [0.5, 0.6) is 0 Å². The first kappa shape index (κ1) is 18.0. The Balaban J connectivity index is 1.65. The molecular weight excluding hydrogens is 392 g/mol. The van der Waals surface area contributed by atoms with Crippen molar-refractivity contribution >= 4 is 22.2 Å². The number of benzene rings is 2. The van der Waals surface area contributed by atoms with Crippen molar-refractivity contribution in [3.05, 3.63) is 60.4 Å². The number of fused-ring (bicyclic) bond motifs is 3. The van der Waals surface area contributed by atoms with Gasteiger partial charge < -0.3 is 14.5 Å². The van der Waals surface area contributed by atoms with Crippen molar-refractivity contribution < 1.29 is 9.63 Å². The summed E-state index contributed by atoms with van der Waals surface area (Å²) in [5.74, 6) is 1.76. The van der Waals surface area contributed by atoms with Crippen LogP contribution in [-0.4, -0.2) is 43.2 Å². The summed E-state index contributed by atoms with van der Waals surface area (Å²) in [6.45, 7) is 1.66. The predicted molar refractivity (Wildman–Crippen MR) is 117 cm³/mol. The van der Waals surface area contributed by atoms with Gasteiger partial charge in [0.1, 0.15) is 12.3 Å². The van der Waals surface area contributed by atoms with E-state index in [0.717, 1.165) is 48.1 Å². The largest absolute Gasteiger partial charge is 0.388 e. The van der Waals surface area contributed by atoms with Crippen LogP contribution in [0.3, 0.4) is 0 Å². The molecule has 31 heavy (non-hydrogen) atoms. The second-order valence-electron chi connectivity index (χ2n) is 7.68. The minimum Gasteiger partial charge on any atom is -0.388 e. The first-order chi connectivity index (χ1) is 15.3. The molecule has 0 atom stereocenters. The van der Waals surface area contributed by atoms with E-state index in [1.807, 2.05) is 48.5 Å². The van der Waals surface area contributed by atoms with Crippen LogP contribution in [0.1, 0.15) is 18.6 Å². The van der Waals surface area contributed by atoms with Gasteiger partial charge in [0, 0.05) is 29.4 Å². The molecule has 1 fully saturated rings. The Kier molecular flexibility index (Phi) is 4.17. The van der Waals surface area contributed by atoms with Gasteiger partial charge in [0.05, 0.1) is 5.56 Å². The Bertz CT molecular complexity index is 1390. The molecule has 0 amide bonds. The fourth-order valence-electron chi connectivity index (χ4n) is 4.34. The zero-order chi connectivity index (χ0) is 20.8. The Morgan fingerprint density at radius 1 is 0.903 bits per heavy atom. The van der Waals surface area contributed by atoms with Crippen molar-refractivity contribution in [1.29, 1.82) is 0 Å². The molecule has 1 N–H and O–H groups in total. The molecule has 0 spiro atoms. The fourth-order valence-corrected chi connectivity index (χ4v) is 4.34. The second-order valence-corrected chi connectivity index (χ2v) is 7.68. The van der Waals surface area contributed by atoms with Crippen molar-refractivity contribution in [2.24, 2.45) is 0 Å². The molecule has 4 heterocycles. The molecule has 1 saturated heterocycles. The summed E-state index contributed by atoms with van der Waals surface area (Å²) in [5, 5.41) is 30.1. The highest BCUT2D eigenvalue weighted by molar-refractivity contribution is 6.00. The molecule has 3 aromatic heterocycles. The predicted octanol–water partition coefficient (Wildman–Crippen LogP) is 3.69. The van der Waals surface area contributed by atoms with E-state index in [4.69, 9.17) is 9.62 Å². The molecular formula is C23H20N6O2. The third-order valence-electron chi connectivity index (χ3n) is 5.83. The van der Waals surface area contributed by atoms with Gasteiger partial charge in [-0.15, -0.1) is 15.3 Å². The van der Waals surface area contributed by atoms with Crippen LogP contribution in [0.25, 0.3) is 39.1 Å². The van der Waals surface area contributed by atoms with E-state index in [0.29, 0.717) is 28.5 Å². The van der Waals surface area contributed by atoms with Crippen molar-refractivity contribution in [1.82, 2.24) is 25.0 Å². The van der Waals surface area contributed by atoms with Gasteiger partial charge in [-0.05, 0) is 12.8 Å². The molecule has 0 bridgehead atoms. The number of aliphatic hydroxyl groups is 1. The summed E-state index contributed by atoms with van der Waals surface area (Å²) in [5.41, 5.74) is 2.75. The molecule has 0 unspecified atom stereocenters. The minimum absolute atomic E-state index is 0.295. The van der Waals surface area contributed by atoms with E-state index in [9.17, 15) is 5.11 Å². The molecule has 5 aromatic rings. The van der Waals surface area contributed by atoms with Gasteiger partial charge in [-0.1, -0.05) is 59.8 Å². The third kappa shape index (κ3) is 2.79. The lowest BCUT2D eigenvalue weighted by atomic mass is 10.1. The summed E-state index contributed by atoms with van der Waals surface area (Å²) in [6.07, 6.45) is 2.31. The van der Waals surface area contributed by atoms with Crippen molar-refractivity contribution in [3.63, 3.8) is 0 Å². The number of anilines is 1. The summed E-state index contributed by atoms with van der Waals surface area (Å²) < 4.78 is 7.23. The monoisotopic (exact) mass is 412 g/mol. The highest BCUT2D eigenvalue weighted by atomic mass is 16.5. The smallest absolute Gasteiger partial charge is 0.191 e. The van der Waals surface area contributed by atoms with E-state index < -0.39 is 0 Å². The number of hydrogen-bond acceptors (Lipinski definition) is 7. The lowest BCUT2D eigenvalue weighted by molar-refractivity contribution is 0.230. The molecule has 154 valence electrons. The third-order valence-corrected chi connectivity index (χ3v) is 5.83. The van der Waals surface area contributed by atoms with Crippen molar-refractivity contribution in [2.45, 2.75) is 19.4 Å². The van der Waals surface area contributed by atoms with Crippen LogP contribution in [0, 0.1) is 0 Å². The fraction of sp³-hybridized carbons (Fsp3) is 0.217. The van der Waals surface area contributed by atoms with Crippen LogP contribution in [0.15, 0.2) is 59.1 Å². The Labute approximate surface area is 177 Å². The number of aliphatic hydroxyl groups excluding tert-OH is 1. The molecule has 8 heteroatoms. The maximum absolute atomic E-state index is 9.93. The lowest BCUT2D eigenvalue weighted by Crippen LogP contribution is -2.20. The van der Waals surface area contributed by atoms with Crippen LogP contribution in [0.4, 0.5) is 5.82 Å². The minimum atomic E-state index is -0.295. The van der Waals surface area contributed by atoms with E-state index in [1.165, 1.54) is 0 Å². The van der Waals surface area contributed by atoms with E-state index in [1.54, 1.807) is 4.52 Å². The molecule has 2 aromatic carbocycles. The normalized spacial score (nSPS) is 14.2. The molecule has 8 nitrogen and oxygen atoms in total. The number of nitrogens with zero attached hydrogens (tertiary/aromatic N) is 6. The summed E-state index contributed by atoms with van der Waals surface area (Å²) in [4.78, 5) is 2.31. The zero-order valence-electron chi connectivity index (χ0n) is 16.8. The molecule has 0 aliphatic carbocycles. The SMILES string of the molecule is OCc1onc(-c2ccccc2)c1-c1nnc2c3ccccc3c(N3CCCC3)nn12. The van der Waals surface area contributed by atoms with E-state index in [2.05, 4.69) is 26.3 Å². The first-order valence-electron chi connectivity index (χ1n) is 10.4. The number of aromatic nitrogens is 5. The van der Waals surface area contributed by atoms with Gasteiger partial charge in [0.2, 0.25) is 0 Å². The molecule has 0 saturated carbocycles. The van der Waals surface area contributed by atoms with E-state index in [-0.39, 0.29) is 6.61 Å². The average Bonchev–Trinajstić information content (AvgIpc) is 3.58. The van der Waals surface area contributed by atoms with Gasteiger partial charge in [-0.3, -0.25) is 0 Å². The maximum Gasteiger partial charge on any atom is 0.191 e. The lowest BCUT2D eigenvalue weighted by Gasteiger charge is -2.18. The highest BCUT2D eigenvalue weighted by Gasteiger charge is 2.26. The summed E-state index contributed by atoms with van der Waals surface area (Å²) >= 11 is 0. The van der Waals surface area contributed by atoms with Gasteiger partial charge in [-0.2, -0.15) is 4.52 Å². The Hall–Kier alpha value is -3.78. The Morgan fingerprint density at radius 2 is 1.65 bits per heavy atom. The van der Waals surface area contributed by atoms with Gasteiger partial charge in [0.15, 0.2) is 23.0 Å². The topological polar surface area (TPSA) is 92.6 Å². The number of hydrogen-bond donors (Lipinski definition) is 1. The quantitative estimate of drug-likeness (QED) is 0.481. The Morgan fingerprint density at radius 3 is 2.42 bits per heavy atom. The molecule has 0 radical (unpaired) electrons. The molecule has 6 rings (SSSR count). The van der Waals surface area contributed by atoms with Crippen molar-refractivity contribution in [2.75, 3.05) is 18.0 Å². The van der Waals surface area contributed by atoms with Crippen LogP contribution in [-0.2, 0) is 6.61 Å². The summed E-state index contributed by atoms with van der Waals surface area (Å²) in [6, 6.07) is 17.9. The summed E-state index contributed by atoms with van der Waals surface area (Å²) in [7, 11) is 0. The maximum atomic E-state index is 9.93. The van der Waals surface area contributed by atoms with Gasteiger partial charge in [0.25, 0.3) is 0 Å². The second kappa shape index (κ2) is 7.17.